The van der Waals surface area contributed by atoms with Crippen molar-refractivity contribution in [1.29, 1.82) is 0 Å². The number of rotatable bonds is 9. The van der Waals surface area contributed by atoms with E-state index in [-0.39, 0.29) is 22.4 Å². The number of alkyl halides is 2. The molecule has 0 atom stereocenters. The van der Waals surface area contributed by atoms with Crippen molar-refractivity contribution in [3.05, 3.63) is 88.5 Å². The highest BCUT2D eigenvalue weighted by molar-refractivity contribution is 5.67. The summed E-state index contributed by atoms with van der Waals surface area (Å²) >= 11 is 0. The van der Waals surface area contributed by atoms with E-state index in [1.54, 1.807) is 0 Å². The lowest BCUT2D eigenvalue weighted by Crippen LogP contribution is -2.02. The lowest BCUT2D eigenvalue weighted by Gasteiger charge is -2.13. The minimum atomic E-state index is -2.93. The second-order valence-electron chi connectivity index (χ2n) is 7.62. The number of aryl methyl sites for hydroxylation is 3. The summed E-state index contributed by atoms with van der Waals surface area (Å²) in [4.78, 5) is 0. The second-order valence-corrected chi connectivity index (χ2v) is 7.62. The zero-order chi connectivity index (χ0) is 22.4. The summed E-state index contributed by atoms with van der Waals surface area (Å²) in [5.74, 6) is -1.61. The highest BCUT2D eigenvalue weighted by Gasteiger charge is 2.20. The maximum absolute atomic E-state index is 14.5. The van der Waals surface area contributed by atoms with Crippen LogP contribution in [0.3, 0.4) is 0 Å². The number of hydrogen-bond donors (Lipinski definition) is 0. The molecule has 0 spiro atoms. The van der Waals surface area contributed by atoms with Gasteiger partial charge < -0.3 is 4.74 Å². The molecule has 5 heteroatoms. The average Bonchev–Trinajstić information content (AvgIpc) is 2.73. The normalized spacial score (nSPS) is 11.2. The Morgan fingerprint density at radius 2 is 1.55 bits per heavy atom. The molecular formula is C26H26F4O. The zero-order valence-electron chi connectivity index (χ0n) is 17.7. The Labute approximate surface area is 180 Å². The summed E-state index contributed by atoms with van der Waals surface area (Å²) in [6.45, 7) is 3.90. The van der Waals surface area contributed by atoms with Crippen LogP contribution in [0, 0.1) is 18.6 Å². The molecule has 3 rings (SSSR count). The molecule has 0 saturated heterocycles. The molecule has 0 fully saturated rings. The third-order valence-electron chi connectivity index (χ3n) is 5.29. The van der Waals surface area contributed by atoms with Crippen molar-refractivity contribution < 1.29 is 22.3 Å². The molecule has 0 heterocycles. The van der Waals surface area contributed by atoms with Gasteiger partial charge in [-0.3, -0.25) is 0 Å². The summed E-state index contributed by atoms with van der Waals surface area (Å²) < 4.78 is 60.8. The molecule has 1 nitrogen and oxygen atoms in total. The standard InChI is InChI=1S/C26H26F4O/c1-3-5-18-8-10-19(11-9-18)6-4-15-31-23-14-12-20(16-22(23)27)21-13-7-17(2)24(25(21)28)26(29)30/h7-14,16,26H,3-6,15H2,1-2H3. The maximum Gasteiger partial charge on any atom is 0.266 e. The first kappa shape index (κ1) is 22.9. The van der Waals surface area contributed by atoms with E-state index >= 15 is 0 Å². The first-order valence-corrected chi connectivity index (χ1v) is 10.5. The topological polar surface area (TPSA) is 9.23 Å². The van der Waals surface area contributed by atoms with Crippen LogP contribution in [-0.4, -0.2) is 6.61 Å². The SMILES string of the molecule is CCCc1ccc(CCCOc2ccc(-c3ccc(C)c(C(F)F)c3F)cc2F)cc1. The molecule has 0 bridgehead atoms. The number of benzene rings is 3. The van der Waals surface area contributed by atoms with Gasteiger partial charge in [-0.05, 0) is 60.6 Å². The van der Waals surface area contributed by atoms with E-state index in [1.165, 1.54) is 42.3 Å². The third-order valence-corrected chi connectivity index (χ3v) is 5.29. The predicted molar refractivity (Wildman–Crippen MR) is 116 cm³/mol. The summed E-state index contributed by atoms with van der Waals surface area (Å²) in [5.41, 5.74) is 2.16. The molecule has 164 valence electrons. The molecule has 0 aliphatic heterocycles. The fourth-order valence-electron chi connectivity index (χ4n) is 3.59. The van der Waals surface area contributed by atoms with Crippen LogP contribution >= 0.6 is 0 Å². The summed E-state index contributed by atoms with van der Waals surface area (Å²) in [7, 11) is 0. The van der Waals surface area contributed by atoms with Crippen LogP contribution in [-0.2, 0) is 12.8 Å². The summed E-state index contributed by atoms with van der Waals surface area (Å²) in [5, 5.41) is 0. The van der Waals surface area contributed by atoms with Crippen LogP contribution in [0.4, 0.5) is 17.6 Å². The van der Waals surface area contributed by atoms with Gasteiger partial charge in [-0.25, -0.2) is 17.6 Å². The molecule has 31 heavy (non-hydrogen) atoms. The van der Waals surface area contributed by atoms with Crippen molar-refractivity contribution in [2.24, 2.45) is 0 Å². The van der Waals surface area contributed by atoms with Crippen molar-refractivity contribution in [2.45, 2.75) is 46.0 Å². The van der Waals surface area contributed by atoms with Gasteiger partial charge in [0, 0.05) is 5.56 Å². The van der Waals surface area contributed by atoms with Gasteiger partial charge in [0.1, 0.15) is 5.82 Å². The van der Waals surface area contributed by atoms with Crippen LogP contribution in [0.5, 0.6) is 5.75 Å². The molecule has 0 aliphatic rings. The molecular weight excluding hydrogens is 404 g/mol. The first-order chi connectivity index (χ1) is 14.9. The van der Waals surface area contributed by atoms with E-state index < -0.39 is 23.6 Å². The van der Waals surface area contributed by atoms with Crippen LogP contribution in [0.25, 0.3) is 11.1 Å². The molecule has 0 amide bonds. The van der Waals surface area contributed by atoms with Crippen LogP contribution < -0.4 is 4.74 Å². The van der Waals surface area contributed by atoms with Crippen LogP contribution in [0.15, 0.2) is 54.6 Å². The predicted octanol–water partition coefficient (Wildman–Crippen LogP) is 7.84. The van der Waals surface area contributed by atoms with Crippen molar-refractivity contribution in [3.8, 4) is 16.9 Å². The Kier molecular flexibility index (Phi) is 7.72. The number of hydrogen-bond acceptors (Lipinski definition) is 1. The quantitative estimate of drug-likeness (QED) is 0.248. The molecule has 0 N–H and O–H groups in total. The Bertz CT molecular complexity index is 1010. The highest BCUT2D eigenvalue weighted by Crippen LogP contribution is 2.34. The number of ether oxygens (including phenoxy) is 1. The van der Waals surface area contributed by atoms with Crippen LogP contribution in [0.1, 0.15) is 48.4 Å². The van der Waals surface area contributed by atoms with Gasteiger partial charge in [0.15, 0.2) is 11.6 Å². The van der Waals surface area contributed by atoms with Gasteiger partial charge in [0.05, 0.1) is 12.2 Å². The van der Waals surface area contributed by atoms with Gasteiger partial charge >= 0.3 is 0 Å². The lowest BCUT2D eigenvalue weighted by atomic mass is 9.98. The Hall–Kier alpha value is -2.82. The van der Waals surface area contributed by atoms with Gasteiger partial charge in [-0.2, -0.15) is 0 Å². The summed E-state index contributed by atoms with van der Waals surface area (Å²) in [6, 6.07) is 15.3. The molecule has 0 radical (unpaired) electrons. The Balaban J connectivity index is 1.62. The number of halogens is 4. The van der Waals surface area contributed by atoms with E-state index in [2.05, 4.69) is 31.2 Å². The van der Waals surface area contributed by atoms with Crippen molar-refractivity contribution in [2.75, 3.05) is 6.61 Å². The second kappa shape index (κ2) is 10.5. The zero-order valence-corrected chi connectivity index (χ0v) is 17.7. The Morgan fingerprint density at radius 1 is 0.871 bits per heavy atom. The van der Waals surface area contributed by atoms with Crippen molar-refractivity contribution in [3.63, 3.8) is 0 Å². The molecule has 0 saturated carbocycles. The van der Waals surface area contributed by atoms with E-state index in [0.29, 0.717) is 6.61 Å². The molecule has 0 aliphatic carbocycles. The maximum atomic E-state index is 14.5. The third kappa shape index (κ3) is 5.66. The van der Waals surface area contributed by atoms with Gasteiger partial charge in [-0.1, -0.05) is 55.8 Å². The summed E-state index contributed by atoms with van der Waals surface area (Å²) in [6.07, 6.45) is 0.779. The smallest absolute Gasteiger partial charge is 0.266 e. The average molecular weight is 430 g/mol. The highest BCUT2D eigenvalue weighted by atomic mass is 19.3. The van der Waals surface area contributed by atoms with E-state index in [0.717, 1.165) is 31.7 Å². The van der Waals surface area contributed by atoms with E-state index in [1.807, 2.05) is 0 Å². The van der Waals surface area contributed by atoms with Crippen LogP contribution in [0.2, 0.25) is 0 Å². The lowest BCUT2D eigenvalue weighted by molar-refractivity contribution is 0.145. The molecule has 0 aromatic heterocycles. The molecule has 3 aromatic rings. The molecule has 0 unspecified atom stereocenters. The van der Waals surface area contributed by atoms with Gasteiger partial charge in [0.25, 0.3) is 6.43 Å². The largest absolute Gasteiger partial charge is 0.491 e. The minimum Gasteiger partial charge on any atom is -0.491 e. The Morgan fingerprint density at radius 3 is 2.16 bits per heavy atom. The van der Waals surface area contributed by atoms with Crippen molar-refractivity contribution >= 4 is 0 Å². The van der Waals surface area contributed by atoms with Gasteiger partial charge in [0.2, 0.25) is 0 Å². The van der Waals surface area contributed by atoms with Gasteiger partial charge in [-0.15, -0.1) is 0 Å². The van der Waals surface area contributed by atoms with Crippen molar-refractivity contribution in [1.82, 2.24) is 0 Å². The fourth-order valence-corrected chi connectivity index (χ4v) is 3.59. The fraction of sp³-hybridized carbons (Fsp3) is 0.308. The monoisotopic (exact) mass is 430 g/mol. The minimum absolute atomic E-state index is 0.0575. The first-order valence-electron chi connectivity index (χ1n) is 10.5. The van der Waals surface area contributed by atoms with E-state index in [4.69, 9.17) is 4.74 Å². The van der Waals surface area contributed by atoms with E-state index in [9.17, 15) is 17.6 Å². The molecule has 3 aromatic carbocycles.